The molecule has 0 aliphatic carbocycles. The Morgan fingerprint density at radius 2 is 2.12 bits per heavy atom. The molecule has 1 aromatic carbocycles. The third-order valence-electron chi connectivity index (χ3n) is 3.00. The minimum absolute atomic E-state index is 1.04. The third kappa shape index (κ3) is 4.26. The Morgan fingerprint density at radius 1 is 1.24 bits per heavy atom. The van der Waals surface area contributed by atoms with Crippen LogP contribution in [0.25, 0.3) is 6.08 Å². The Labute approximate surface area is 112 Å². The Kier molecular flexibility index (Phi) is 5.23. The second-order valence-electron chi connectivity index (χ2n) is 4.33. The van der Waals surface area contributed by atoms with Crippen molar-refractivity contribution in [3.63, 3.8) is 0 Å². The van der Waals surface area contributed by atoms with Gasteiger partial charge in [0.05, 0.1) is 0 Å². The first kappa shape index (κ1) is 12.8. The molecule has 1 heterocycles. The summed E-state index contributed by atoms with van der Waals surface area (Å²) in [5, 5.41) is 3.42. The zero-order valence-corrected chi connectivity index (χ0v) is 11.6. The molecule has 0 atom stereocenters. The number of rotatable bonds is 3. The van der Waals surface area contributed by atoms with E-state index in [2.05, 4.69) is 56.5 Å². The summed E-state index contributed by atoms with van der Waals surface area (Å²) in [6, 6.07) is 8.32. The van der Waals surface area contributed by atoms with E-state index in [9.17, 15) is 0 Å². The molecule has 2 rings (SSSR count). The highest BCUT2D eigenvalue weighted by Gasteiger charge is 2.05. The first-order chi connectivity index (χ1) is 8.36. The van der Waals surface area contributed by atoms with Crippen LogP contribution in [0.3, 0.4) is 0 Å². The molecule has 0 amide bonds. The van der Waals surface area contributed by atoms with E-state index in [0.29, 0.717) is 0 Å². The second kappa shape index (κ2) is 6.94. The van der Waals surface area contributed by atoms with Gasteiger partial charge in [-0.15, -0.1) is 0 Å². The molecule has 1 aliphatic rings. The van der Waals surface area contributed by atoms with Crippen LogP contribution >= 0.6 is 15.9 Å². The fourth-order valence-electron chi connectivity index (χ4n) is 2.02. The van der Waals surface area contributed by atoms with Crippen molar-refractivity contribution in [3.05, 3.63) is 40.4 Å². The van der Waals surface area contributed by atoms with E-state index in [1.807, 2.05) is 6.07 Å². The summed E-state index contributed by atoms with van der Waals surface area (Å²) < 4.78 is 1.16. The van der Waals surface area contributed by atoms with Crippen LogP contribution in [0.15, 0.2) is 34.8 Å². The fraction of sp³-hybridized carbons (Fsp3) is 0.429. The highest BCUT2D eigenvalue weighted by molar-refractivity contribution is 9.10. The van der Waals surface area contributed by atoms with Crippen LogP contribution in [0.5, 0.6) is 0 Å². The number of nitrogens with one attached hydrogen (secondary N) is 1. The molecule has 1 fully saturated rings. The van der Waals surface area contributed by atoms with Gasteiger partial charge in [0.25, 0.3) is 0 Å². The maximum Gasteiger partial charge on any atom is 0.0247 e. The zero-order valence-electron chi connectivity index (χ0n) is 10.0. The Balaban J connectivity index is 1.86. The van der Waals surface area contributed by atoms with Crippen molar-refractivity contribution in [2.24, 2.45) is 0 Å². The van der Waals surface area contributed by atoms with Crippen LogP contribution in [0.2, 0.25) is 0 Å². The average molecular weight is 295 g/mol. The standard InChI is InChI=1S/C14H19BrN2/c15-14-7-2-1-5-13(14)6-3-10-17-11-4-8-16-9-12-17/h1-3,5-7,16H,4,8-12H2/b6-3+. The van der Waals surface area contributed by atoms with Crippen molar-refractivity contribution in [2.75, 3.05) is 32.7 Å². The van der Waals surface area contributed by atoms with E-state index >= 15 is 0 Å². The molecule has 2 nitrogen and oxygen atoms in total. The monoisotopic (exact) mass is 294 g/mol. The van der Waals surface area contributed by atoms with Crippen molar-refractivity contribution in [1.29, 1.82) is 0 Å². The summed E-state index contributed by atoms with van der Waals surface area (Å²) in [6.45, 7) is 5.67. The molecular formula is C14H19BrN2. The van der Waals surface area contributed by atoms with Gasteiger partial charge in [0, 0.05) is 24.1 Å². The molecule has 0 saturated carbocycles. The maximum atomic E-state index is 3.56. The molecule has 0 bridgehead atoms. The lowest BCUT2D eigenvalue weighted by atomic mass is 10.2. The second-order valence-corrected chi connectivity index (χ2v) is 5.18. The molecule has 0 unspecified atom stereocenters. The van der Waals surface area contributed by atoms with Crippen molar-refractivity contribution in [3.8, 4) is 0 Å². The summed E-state index contributed by atoms with van der Waals surface area (Å²) in [5.41, 5.74) is 1.25. The number of nitrogens with zero attached hydrogens (tertiary/aromatic N) is 1. The molecule has 92 valence electrons. The van der Waals surface area contributed by atoms with Gasteiger partial charge in [-0.25, -0.2) is 0 Å². The van der Waals surface area contributed by atoms with Gasteiger partial charge in [-0.3, -0.25) is 4.90 Å². The molecule has 0 radical (unpaired) electrons. The van der Waals surface area contributed by atoms with Crippen LogP contribution in [0.4, 0.5) is 0 Å². The summed E-state index contributed by atoms with van der Waals surface area (Å²) >= 11 is 3.56. The summed E-state index contributed by atoms with van der Waals surface area (Å²) in [5.74, 6) is 0. The first-order valence-electron chi connectivity index (χ1n) is 6.20. The lowest BCUT2D eigenvalue weighted by Crippen LogP contribution is -2.28. The highest BCUT2D eigenvalue weighted by atomic mass is 79.9. The van der Waals surface area contributed by atoms with Crippen molar-refractivity contribution in [2.45, 2.75) is 6.42 Å². The van der Waals surface area contributed by atoms with Gasteiger partial charge in [-0.05, 0) is 31.1 Å². The molecule has 1 aliphatic heterocycles. The van der Waals surface area contributed by atoms with E-state index in [4.69, 9.17) is 0 Å². The van der Waals surface area contributed by atoms with E-state index in [1.165, 1.54) is 18.5 Å². The third-order valence-corrected chi connectivity index (χ3v) is 3.72. The Morgan fingerprint density at radius 3 is 3.00 bits per heavy atom. The largest absolute Gasteiger partial charge is 0.315 e. The Hall–Kier alpha value is -0.640. The number of benzene rings is 1. The van der Waals surface area contributed by atoms with Gasteiger partial charge in [0.2, 0.25) is 0 Å². The topological polar surface area (TPSA) is 15.3 Å². The SMILES string of the molecule is Brc1ccccc1/C=C/CN1CCCNCC1. The van der Waals surface area contributed by atoms with E-state index in [0.717, 1.165) is 30.7 Å². The maximum absolute atomic E-state index is 3.56. The van der Waals surface area contributed by atoms with Crippen molar-refractivity contribution < 1.29 is 0 Å². The highest BCUT2D eigenvalue weighted by Crippen LogP contribution is 2.17. The molecule has 3 heteroatoms. The summed E-state index contributed by atoms with van der Waals surface area (Å²) in [6.07, 6.45) is 5.71. The molecular weight excluding hydrogens is 276 g/mol. The van der Waals surface area contributed by atoms with Gasteiger partial charge < -0.3 is 5.32 Å². The van der Waals surface area contributed by atoms with Crippen LogP contribution in [-0.4, -0.2) is 37.6 Å². The zero-order chi connectivity index (χ0) is 11.9. The first-order valence-corrected chi connectivity index (χ1v) is 7.00. The normalized spacial score (nSPS) is 18.4. The van der Waals surface area contributed by atoms with Gasteiger partial charge in [-0.2, -0.15) is 0 Å². The number of halogens is 1. The number of hydrogen-bond acceptors (Lipinski definition) is 2. The molecule has 1 aromatic rings. The minimum atomic E-state index is 1.04. The van der Waals surface area contributed by atoms with Crippen LogP contribution in [-0.2, 0) is 0 Å². The van der Waals surface area contributed by atoms with E-state index in [-0.39, 0.29) is 0 Å². The number of hydrogen-bond donors (Lipinski definition) is 1. The van der Waals surface area contributed by atoms with Crippen LogP contribution < -0.4 is 5.32 Å². The molecule has 0 spiro atoms. The van der Waals surface area contributed by atoms with Crippen LogP contribution in [0, 0.1) is 0 Å². The Bertz CT molecular complexity index is 368. The molecule has 17 heavy (non-hydrogen) atoms. The van der Waals surface area contributed by atoms with Gasteiger partial charge >= 0.3 is 0 Å². The predicted octanol–water partition coefficient (Wildman–Crippen LogP) is 2.76. The lowest BCUT2D eigenvalue weighted by molar-refractivity contribution is 0.324. The molecule has 0 aromatic heterocycles. The van der Waals surface area contributed by atoms with Crippen molar-refractivity contribution in [1.82, 2.24) is 10.2 Å². The summed E-state index contributed by atoms with van der Waals surface area (Å²) in [7, 11) is 0. The van der Waals surface area contributed by atoms with Crippen LogP contribution in [0.1, 0.15) is 12.0 Å². The summed E-state index contributed by atoms with van der Waals surface area (Å²) in [4.78, 5) is 2.49. The average Bonchev–Trinajstić information content (AvgIpc) is 2.60. The fourth-order valence-corrected chi connectivity index (χ4v) is 2.44. The minimum Gasteiger partial charge on any atom is -0.315 e. The quantitative estimate of drug-likeness (QED) is 0.922. The van der Waals surface area contributed by atoms with E-state index in [1.54, 1.807) is 0 Å². The van der Waals surface area contributed by atoms with Gasteiger partial charge in [0.15, 0.2) is 0 Å². The van der Waals surface area contributed by atoms with Crippen molar-refractivity contribution >= 4 is 22.0 Å². The van der Waals surface area contributed by atoms with Gasteiger partial charge in [-0.1, -0.05) is 46.3 Å². The van der Waals surface area contributed by atoms with E-state index < -0.39 is 0 Å². The lowest BCUT2D eigenvalue weighted by Gasteiger charge is -2.16. The molecule has 1 saturated heterocycles. The van der Waals surface area contributed by atoms with Gasteiger partial charge in [0.1, 0.15) is 0 Å². The predicted molar refractivity (Wildman–Crippen MR) is 77.1 cm³/mol. The molecule has 1 N–H and O–H groups in total. The smallest absolute Gasteiger partial charge is 0.0247 e.